The van der Waals surface area contributed by atoms with Crippen molar-refractivity contribution in [2.75, 3.05) is 18.4 Å². The van der Waals surface area contributed by atoms with Gasteiger partial charge in [-0.2, -0.15) is 0 Å². The van der Waals surface area contributed by atoms with Crippen LogP contribution in [0.3, 0.4) is 0 Å². The zero-order chi connectivity index (χ0) is 19.9. The molecule has 5 heteroatoms. The molecule has 5 nitrogen and oxygen atoms in total. The highest BCUT2D eigenvalue weighted by Crippen LogP contribution is 2.33. The number of benzene rings is 1. The lowest BCUT2D eigenvalue weighted by Gasteiger charge is -2.31. The maximum Gasteiger partial charge on any atom is 0.227 e. The first-order valence-corrected chi connectivity index (χ1v) is 10.9. The fourth-order valence-electron chi connectivity index (χ4n) is 4.31. The Hall–Kier alpha value is -2.04. The average molecular weight is 387 g/mol. The van der Waals surface area contributed by atoms with E-state index in [2.05, 4.69) is 10.2 Å². The highest BCUT2D eigenvalue weighted by molar-refractivity contribution is 5.94. The first-order valence-electron chi connectivity index (χ1n) is 10.9. The molecule has 2 aliphatic rings. The fourth-order valence-corrected chi connectivity index (χ4v) is 4.31. The minimum Gasteiger partial charge on any atom is -0.489 e. The van der Waals surface area contributed by atoms with Crippen LogP contribution in [0.5, 0.6) is 5.75 Å². The van der Waals surface area contributed by atoms with Gasteiger partial charge in [0, 0.05) is 24.9 Å². The predicted molar refractivity (Wildman–Crippen MR) is 111 cm³/mol. The third-order valence-corrected chi connectivity index (χ3v) is 5.87. The van der Waals surface area contributed by atoms with E-state index in [9.17, 15) is 9.59 Å². The maximum absolute atomic E-state index is 12.8. The summed E-state index contributed by atoms with van der Waals surface area (Å²) in [6.07, 6.45) is 7.97. The Bertz CT molecular complexity index is 658. The predicted octanol–water partition coefficient (Wildman–Crippen LogP) is 4.62. The van der Waals surface area contributed by atoms with Gasteiger partial charge in [-0.05, 0) is 64.5 Å². The summed E-state index contributed by atoms with van der Waals surface area (Å²) in [6, 6.07) is 7.57. The molecule has 1 heterocycles. The van der Waals surface area contributed by atoms with Crippen molar-refractivity contribution in [2.24, 2.45) is 11.8 Å². The number of ether oxygens (including phenoxy) is 1. The molecule has 3 rings (SSSR count). The van der Waals surface area contributed by atoms with Gasteiger partial charge in [0.05, 0.1) is 11.8 Å². The lowest BCUT2D eigenvalue weighted by atomic mass is 9.81. The quantitative estimate of drug-likeness (QED) is 0.803. The zero-order valence-electron chi connectivity index (χ0n) is 17.3. The topological polar surface area (TPSA) is 58.6 Å². The molecule has 0 spiro atoms. The Kier molecular flexibility index (Phi) is 7.35. The Morgan fingerprint density at radius 3 is 2.21 bits per heavy atom. The summed E-state index contributed by atoms with van der Waals surface area (Å²) in [6.45, 7) is 5.76. The molecule has 0 aromatic heterocycles. The largest absolute Gasteiger partial charge is 0.489 e. The third-order valence-electron chi connectivity index (χ3n) is 5.87. The number of rotatable bonds is 5. The minimum absolute atomic E-state index is 0.0275. The number of para-hydroxylation sites is 2. The van der Waals surface area contributed by atoms with Gasteiger partial charge in [0.15, 0.2) is 0 Å². The van der Waals surface area contributed by atoms with Crippen LogP contribution in [0, 0.1) is 11.8 Å². The van der Waals surface area contributed by atoms with E-state index in [1.807, 2.05) is 38.1 Å². The van der Waals surface area contributed by atoms with Gasteiger partial charge in [0.2, 0.25) is 11.8 Å². The van der Waals surface area contributed by atoms with Gasteiger partial charge in [-0.1, -0.05) is 25.0 Å². The first-order chi connectivity index (χ1) is 13.5. The number of likely N-dealkylation sites (tertiary alicyclic amines) is 1. The Labute approximate surface area is 168 Å². The molecule has 1 aromatic rings. The second-order valence-corrected chi connectivity index (χ2v) is 8.44. The number of carbonyl (C=O) groups is 2. The number of hydrogen-bond donors (Lipinski definition) is 1. The summed E-state index contributed by atoms with van der Waals surface area (Å²) < 4.78 is 5.79. The summed E-state index contributed by atoms with van der Waals surface area (Å²) in [4.78, 5) is 27.7. The third kappa shape index (κ3) is 5.49. The van der Waals surface area contributed by atoms with Crippen molar-refractivity contribution in [3.8, 4) is 5.75 Å². The molecule has 0 radical (unpaired) electrons. The first kappa shape index (κ1) is 20.7. The van der Waals surface area contributed by atoms with Gasteiger partial charge >= 0.3 is 0 Å². The Morgan fingerprint density at radius 1 is 0.964 bits per heavy atom. The lowest BCUT2D eigenvalue weighted by Crippen LogP contribution is -2.39. The smallest absolute Gasteiger partial charge is 0.227 e. The van der Waals surface area contributed by atoms with Crippen LogP contribution >= 0.6 is 0 Å². The Morgan fingerprint density at radius 2 is 1.57 bits per heavy atom. The molecule has 2 amide bonds. The van der Waals surface area contributed by atoms with Crippen LogP contribution in [-0.2, 0) is 9.59 Å². The summed E-state index contributed by atoms with van der Waals surface area (Å²) in [7, 11) is 0. The van der Waals surface area contributed by atoms with E-state index in [4.69, 9.17) is 4.74 Å². The highest BCUT2D eigenvalue weighted by atomic mass is 16.5. The average Bonchev–Trinajstić information content (AvgIpc) is 2.98. The molecule has 1 saturated carbocycles. The molecule has 1 N–H and O–H groups in total. The van der Waals surface area contributed by atoms with E-state index in [0.29, 0.717) is 11.7 Å². The van der Waals surface area contributed by atoms with E-state index in [1.165, 1.54) is 12.8 Å². The zero-order valence-corrected chi connectivity index (χ0v) is 17.3. The summed E-state index contributed by atoms with van der Waals surface area (Å²) >= 11 is 0. The van der Waals surface area contributed by atoms with Gasteiger partial charge in [0.1, 0.15) is 5.75 Å². The molecule has 1 aromatic carbocycles. The molecule has 28 heavy (non-hydrogen) atoms. The van der Waals surface area contributed by atoms with Crippen molar-refractivity contribution >= 4 is 17.5 Å². The fraction of sp³-hybridized carbons (Fsp3) is 0.652. The molecule has 2 fully saturated rings. The number of carbonyl (C=O) groups excluding carboxylic acids is 2. The van der Waals surface area contributed by atoms with Gasteiger partial charge < -0.3 is 15.0 Å². The number of nitrogens with zero attached hydrogens (tertiary/aromatic N) is 1. The molecule has 154 valence electrons. The number of nitrogens with one attached hydrogen (secondary N) is 1. The molecular weight excluding hydrogens is 352 g/mol. The molecule has 0 atom stereocenters. The molecule has 0 bridgehead atoms. The summed E-state index contributed by atoms with van der Waals surface area (Å²) in [5.41, 5.74) is 0.726. The highest BCUT2D eigenvalue weighted by Gasteiger charge is 2.32. The Balaban J connectivity index is 1.52. The van der Waals surface area contributed by atoms with E-state index in [0.717, 1.165) is 57.3 Å². The minimum atomic E-state index is -0.0275. The van der Waals surface area contributed by atoms with Crippen LogP contribution in [0.15, 0.2) is 24.3 Å². The van der Waals surface area contributed by atoms with Crippen LogP contribution in [-0.4, -0.2) is 35.9 Å². The SMILES string of the molecule is CC(C)Oc1ccccc1NC(=O)C1CCC(C(=O)N2CCCCCC2)CC1. The lowest BCUT2D eigenvalue weighted by molar-refractivity contribution is -0.137. The van der Waals surface area contributed by atoms with Crippen molar-refractivity contribution in [2.45, 2.75) is 71.3 Å². The van der Waals surface area contributed by atoms with E-state index >= 15 is 0 Å². The second kappa shape index (κ2) is 9.94. The second-order valence-electron chi connectivity index (χ2n) is 8.44. The van der Waals surface area contributed by atoms with E-state index < -0.39 is 0 Å². The molecule has 1 aliphatic carbocycles. The van der Waals surface area contributed by atoms with Crippen LogP contribution in [0.2, 0.25) is 0 Å². The number of amides is 2. The van der Waals surface area contributed by atoms with Crippen molar-refractivity contribution < 1.29 is 14.3 Å². The van der Waals surface area contributed by atoms with E-state index in [-0.39, 0.29) is 23.8 Å². The van der Waals surface area contributed by atoms with Gasteiger partial charge in [0.25, 0.3) is 0 Å². The molecule has 1 aliphatic heterocycles. The van der Waals surface area contributed by atoms with Crippen LogP contribution in [0.25, 0.3) is 0 Å². The van der Waals surface area contributed by atoms with Gasteiger partial charge in [-0.15, -0.1) is 0 Å². The standard InChI is InChI=1S/C23H34N2O3/c1-17(2)28-21-10-6-5-9-20(21)24-22(26)18-11-13-19(14-12-18)23(27)25-15-7-3-4-8-16-25/h5-6,9-10,17-19H,3-4,7-8,11-16H2,1-2H3,(H,24,26). The number of hydrogen-bond acceptors (Lipinski definition) is 3. The van der Waals surface area contributed by atoms with Crippen molar-refractivity contribution in [3.63, 3.8) is 0 Å². The van der Waals surface area contributed by atoms with E-state index in [1.54, 1.807) is 0 Å². The summed E-state index contributed by atoms with van der Waals surface area (Å²) in [5.74, 6) is 1.13. The normalized spacial score (nSPS) is 23.2. The molecule has 0 unspecified atom stereocenters. The molecular formula is C23H34N2O3. The van der Waals surface area contributed by atoms with Crippen LogP contribution in [0.4, 0.5) is 5.69 Å². The van der Waals surface area contributed by atoms with Crippen molar-refractivity contribution in [1.82, 2.24) is 4.90 Å². The van der Waals surface area contributed by atoms with Crippen LogP contribution in [0.1, 0.15) is 65.2 Å². The van der Waals surface area contributed by atoms with Crippen LogP contribution < -0.4 is 10.1 Å². The van der Waals surface area contributed by atoms with Gasteiger partial charge in [-0.25, -0.2) is 0 Å². The number of anilines is 1. The van der Waals surface area contributed by atoms with Crippen molar-refractivity contribution in [1.29, 1.82) is 0 Å². The summed E-state index contributed by atoms with van der Waals surface area (Å²) in [5, 5.41) is 3.04. The maximum atomic E-state index is 12.8. The monoisotopic (exact) mass is 386 g/mol. The molecule has 1 saturated heterocycles. The van der Waals surface area contributed by atoms with Crippen molar-refractivity contribution in [3.05, 3.63) is 24.3 Å². The van der Waals surface area contributed by atoms with Gasteiger partial charge in [-0.3, -0.25) is 9.59 Å².